The van der Waals surface area contributed by atoms with Gasteiger partial charge in [-0.15, -0.1) is 0 Å². The van der Waals surface area contributed by atoms with Gasteiger partial charge in [0.2, 0.25) is 5.91 Å². The molecule has 4 heteroatoms. The van der Waals surface area contributed by atoms with Crippen molar-refractivity contribution in [2.45, 2.75) is 38.5 Å². The molecule has 0 spiro atoms. The minimum Gasteiger partial charge on any atom is -0.326 e. The Kier molecular flexibility index (Phi) is 6.41. The van der Waals surface area contributed by atoms with E-state index >= 15 is 0 Å². The molecule has 0 saturated heterocycles. The van der Waals surface area contributed by atoms with Crippen LogP contribution >= 0.6 is 0 Å². The molecular weight excluding hydrogens is 267 g/mol. The lowest BCUT2D eigenvalue weighted by Gasteiger charge is -2.12. The van der Waals surface area contributed by atoms with E-state index in [1.165, 1.54) is 43.4 Å². The number of amides is 1. The van der Waals surface area contributed by atoms with Crippen LogP contribution in [-0.4, -0.2) is 19.0 Å². The van der Waals surface area contributed by atoms with Crippen molar-refractivity contribution in [2.75, 3.05) is 18.4 Å². The molecule has 21 heavy (non-hydrogen) atoms. The number of allylic oxidation sites excluding steroid dienone is 1. The first kappa shape index (κ1) is 15.7. The molecule has 1 aromatic rings. The van der Waals surface area contributed by atoms with Gasteiger partial charge in [-0.25, -0.2) is 4.39 Å². The fourth-order valence-electron chi connectivity index (χ4n) is 2.50. The molecular formula is C17H23FN2O. The van der Waals surface area contributed by atoms with E-state index in [1.54, 1.807) is 12.1 Å². The monoisotopic (exact) mass is 290 g/mol. The quantitative estimate of drug-likeness (QED) is 0.594. The molecule has 114 valence electrons. The SMILES string of the molecule is O=C(CCNCCC1=CCCCC1)Nc1cccc(F)c1. The van der Waals surface area contributed by atoms with Crippen molar-refractivity contribution < 1.29 is 9.18 Å². The molecule has 0 saturated carbocycles. The zero-order valence-corrected chi connectivity index (χ0v) is 12.3. The van der Waals surface area contributed by atoms with Crippen LogP contribution in [0.15, 0.2) is 35.9 Å². The molecule has 1 aromatic carbocycles. The van der Waals surface area contributed by atoms with Gasteiger partial charge in [0.25, 0.3) is 0 Å². The summed E-state index contributed by atoms with van der Waals surface area (Å²) in [4.78, 5) is 11.7. The molecule has 0 fully saturated rings. The highest BCUT2D eigenvalue weighted by molar-refractivity contribution is 5.90. The van der Waals surface area contributed by atoms with E-state index in [-0.39, 0.29) is 11.7 Å². The van der Waals surface area contributed by atoms with Crippen molar-refractivity contribution >= 4 is 11.6 Å². The highest BCUT2D eigenvalue weighted by Crippen LogP contribution is 2.19. The van der Waals surface area contributed by atoms with Crippen LogP contribution in [0.4, 0.5) is 10.1 Å². The third kappa shape index (κ3) is 6.08. The maximum atomic E-state index is 13.0. The van der Waals surface area contributed by atoms with E-state index < -0.39 is 0 Å². The van der Waals surface area contributed by atoms with E-state index in [4.69, 9.17) is 0 Å². The number of carbonyl (C=O) groups excluding carboxylic acids is 1. The van der Waals surface area contributed by atoms with E-state index in [2.05, 4.69) is 16.7 Å². The molecule has 0 heterocycles. The average molecular weight is 290 g/mol. The zero-order valence-electron chi connectivity index (χ0n) is 12.3. The Bertz CT molecular complexity index is 499. The molecule has 0 aromatic heterocycles. The highest BCUT2D eigenvalue weighted by atomic mass is 19.1. The summed E-state index contributed by atoms with van der Waals surface area (Å²) in [6, 6.07) is 5.95. The fourth-order valence-corrected chi connectivity index (χ4v) is 2.50. The molecule has 0 unspecified atom stereocenters. The Labute approximate surface area is 125 Å². The summed E-state index contributed by atoms with van der Waals surface area (Å²) in [5, 5.41) is 5.98. The molecule has 0 bridgehead atoms. The summed E-state index contributed by atoms with van der Waals surface area (Å²) >= 11 is 0. The van der Waals surface area contributed by atoms with E-state index in [0.29, 0.717) is 18.7 Å². The lowest BCUT2D eigenvalue weighted by Crippen LogP contribution is -2.23. The van der Waals surface area contributed by atoms with Crippen LogP contribution in [0, 0.1) is 5.82 Å². The number of halogens is 1. The van der Waals surface area contributed by atoms with Gasteiger partial charge in [-0.3, -0.25) is 4.79 Å². The minimum atomic E-state index is -0.341. The molecule has 3 nitrogen and oxygen atoms in total. The summed E-state index contributed by atoms with van der Waals surface area (Å²) in [6.45, 7) is 1.56. The lowest BCUT2D eigenvalue weighted by molar-refractivity contribution is -0.116. The summed E-state index contributed by atoms with van der Waals surface area (Å²) < 4.78 is 13.0. The van der Waals surface area contributed by atoms with Gasteiger partial charge in [-0.1, -0.05) is 17.7 Å². The number of rotatable bonds is 7. The first-order valence-electron chi connectivity index (χ1n) is 7.68. The Morgan fingerprint density at radius 1 is 1.24 bits per heavy atom. The average Bonchev–Trinajstić information content (AvgIpc) is 2.48. The third-order valence-corrected chi connectivity index (χ3v) is 3.65. The number of anilines is 1. The zero-order chi connectivity index (χ0) is 14.9. The van der Waals surface area contributed by atoms with E-state index in [0.717, 1.165) is 13.0 Å². The van der Waals surface area contributed by atoms with Crippen molar-refractivity contribution in [1.29, 1.82) is 0 Å². The van der Waals surface area contributed by atoms with Crippen LogP contribution in [0.1, 0.15) is 38.5 Å². The predicted octanol–water partition coefficient (Wildman–Crippen LogP) is 3.63. The van der Waals surface area contributed by atoms with Gasteiger partial charge >= 0.3 is 0 Å². The van der Waals surface area contributed by atoms with E-state index in [9.17, 15) is 9.18 Å². The predicted molar refractivity (Wildman–Crippen MR) is 83.7 cm³/mol. The van der Waals surface area contributed by atoms with E-state index in [1.807, 2.05) is 0 Å². The summed E-state index contributed by atoms with van der Waals surface area (Å²) in [5.74, 6) is -0.434. The molecule has 1 amide bonds. The second kappa shape index (κ2) is 8.57. The normalized spacial score (nSPS) is 14.6. The van der Waals surface area contributed by atoms with Gasteiger partial charge in [0.1, 0.15) is 5.82 Å². The largest absolute Gasteiger partial charge is 0.326 e. The molecule has 0 aliphatic heterocycles. The number of nitrogens with one attached hydrogen (secondary N) is 2. The number of carbonyl (C=O) groups is 1. The minimum absolute atomic E-state index is 0.0926. The first-order chi connectivity index (χ1) is 10.2. The molecule has 1 aliphatic rings. The van der Waals surface area contributed by atoms with Crippen molar-refractivity contribution in [2.24, 2.45) is 0 Å². The van der Waals surface area contributed by atoms with Crippen molar-refractivity contribution in [1.82, 2.24) is 5.32 Å². The number of hydrogen-bond donors (Lipinski definition) is 2. The molecule has 2 rings (SSSR count). The van der Waals surface area contributed by atoms with Crippen LogP contribution < -0.4 is 10.6 Å². The molecule has 0 atom stereocenters. The van der Waals surface area contributed by atoms with Gasteiger partial charge in [0.15, 0.2) is 0 Å². The second-order valence-corrected chi connectivity index (χ2v) is 5.42. The number of hydrogen-bond acceptors (Lipinski definition) is 2. The first-order valence-corrected chi connectivity index (χ1v) is 7.68. The van der Waals surface area contributed by atoms with Gasteiger partial charge in [0, 0.05) is 18.7 Å². The smallest absolute Gasteiger partial charge is 0.225 e. The van der Waals surface area contributed by atoms with Crippen LogP contribution in [0.2, 0.25) is 0 Å². The van der Waals surface area contributed by atoms with Crippen LogP contribution in [0.25, 0.3) is 0 Å². The van der Waals surface area contributed by atoms with Crippen LogP contribution in [-0.2, 0) is 4.79 Å². The maximum Gasteiger partial charge on any atom is 0.225 e. The topological polar surface area (TPSA) is 41.1 Å². The Balaban J connectivity index is 1.58. The fraction of sp³-hybridized carbons (Fsp3) is 0.471. The third-order valence-electron chi connectivity index (χ3n) is 3.65. The van der Waals surface area contributed by atoms with Crippen LogP contribution in [0.5, 0.6) is 0 Å². The second-order valence-electron chi connectivity index (χ2n) is 5.42. The Morgan fingerprint density at radius 2 is 2.14 bits per heavy atom. The van der Waals surface area contributed by atoms with Gasteiger partial charge < -0.3 is 10.6 Å². The van der Waals surface area contributed by atoms with Gasteiger partial charge in [-0.05, 0) is 56.8 Å². The standard InChI is InChI=1S/C17H23FN2O/c18-15-7-4-8-16(13-15)20-17(21)10-12-19-11-9-14-5-2-1-3-6-14/h4-5,7-8,13,19H,1-3,6,9-12H2,(H,20,21). The molecule has 1 aliphatic carbocycles. The van der Waals surface area contributed by atoms with Crippen molar-refractivity contribution in [3.8, 4) is 0 Å². The van der Waals surface area contributed by atoms with Gasteiger partial charge in [0.05, 0.1) is 0 Å². The summed E-state index contributed by atoms with van der Waals surface area (Å²) in [7, 11) is 0. The number of benzene rings is 1. The highest BCUT2D eigenvalue weighted by Gasteiger charge is 2.04. The van der Waals surface area contributed by atoms with Crippen LogP contribution in [0.3, 0.4) is 0 Å². The molecule has 2 N–H and O–H groups in total. The molecule has 0 radical (unpaired) electrons. The van der Waals surface area contributed by atoms with Crippen molar-refractivity contribution in [3.05, 3.63) is 41.7 Å². The maximum absolute atomic E-state index is 13.0. The summed E-state index contributed by atoms with van der Waals surface area (Å²) in [6.07, 6.45) is 8.88. The lowest BCUT2D eigenvalue weighted by atomic mass is 9.97. The van der Waals surface area contributed by atoms with Gasteiger partial charge in [-0.2, -0.15) is 0 Å². The summed E-state index contributed by atoms with van der Waals surface area (Å²) in [5.41, 5.74) is 2.05. The Hall–Kier alpha value is -1.68. The Morgan fingerprint density at radius 3 is 2.90 bits per heavy atom. The van der Waals surface area contributed by atoms with Crippen molar-refractivity contribution in [3.63, 3.8) is 0 Å².